The van der Waals surface area contributed by atoms with Crippen LogP contribution in [-0.2, 0) is 20.5 Å². The topological polar surface area (TPSA) is 62.6 Å². The van der Waals surface area contributed by atoms with Crippen LogP contribution in [0.25, 0.3) is 11.1 Å². The third-order valence-corrected chi connectivity index (χ3v) is 11.4. The summed E-state index contributed by atoms with van der Waals surface area (Å²) in [6.07, 6.45) is 6.69. The quantitative estimate of drug-likeness (QED) is 0.277. The summed E-state index contributed by atoms with van der Waals surface area (Å²) in [6.45, 7) is 1.18. The Morgan fingerprint density at radius 1 is 0.907 bits per heavy atom. The maximum Gasteiger partial charge on any atom is 0.233 e. The number of nitriles is 1. The van der Waals surface area contributed by atoms with Crippen LogP contribution in [-0.4, -0.2) is 31.8 Å². The van der Waals surface area contributed by atoms with Crippen LogP contribution in [0.5, 0.6) is 5.75 Å². The standard InChI is InChI=1S/C37H37FN2O3/c1-42-31-11-5-26(6-12-31)27-3-2-4-30(19-27)40(32(41)35-20-36(38,21-35)22-35)24-33-13-17-37(18-14-33,43-25-33)29-9-7-28(8-10-29)34(23-39)15-16-34/h2-12,19H,13-18,20-22,24-25H2,1H3. The predicted octanol–water partition coefficient (Wildman–Crippen LogP) is 7.63. The highest BCUT2D eigenvalue weighted by atomic mass is 19.1. The Kier molecular flexibility index (Phi) is 5.73. The highest BCUT2D eigenvalue weighted by Gasteiger charge is 2.73. The third-order valence-electron chi connectivity index (χ3n) is 11.4. The monoisotopic (exact) mass is 576 g/mol. The summed E-state index contributed by atoms with van der Waals surface area (Å²) in [7, 11) is 1.66. The Labute approximate surface area is 252 Å². The van der Waals surface area contributed by atoms with Gasteiger partial charge in [0, 0.05) is 17.6 Å². The minimum atomic E-state index is -1.13. The van der Waals surface area contributed by atoms with Gasteiger partial charge in [-0.2, -0.15) is 5.26 Å². The number of methoxy groups -OCH3 is 1. The molecule has 5 saturated carbocycles. The Hall–Kier alpha value is -3.69. The molecule has 2 heterocycles. The van der Waals surface area contributed by atoms with Gasteiger partial charge in [0.25, 0.3) is 0 Å². The Morgan fingerprint density at radius 2 is 1.58 bits per heavy atom. The number of alkyl halides is 1. The van der Waals surface area contributed by atoms with Gasteiger partial charge in [-0.3, -0.25) is 4.79 Å². The molecule has 43 heavy (non-hydrogen) atoms. The average Bonchev–Trinajstić information content (AvgIpc) is 3.84. The SMILES string of the molecule is COc1ccc(-c2cccc(N(CC34CCC(c5ccc(C6(C#N)CC6)cc5)(CC3)OC4)C(=O)C34CC(F)(C3)C4)c2)cc1. The first kappa shape index (κ1) is 26.9. The Morgan fingerprint density at radius 3 is 2.14 bits per heavy atom. The van der Waals surface area contributed by atoms with Crippen molar-refractivity contribution in [3.8, 4) is 22.9 Å². The number of amides is 1. The fraction of sp³-hybridized carbons (Fsp3) is 0.459. The van der Waals surface area contributed by atoms with E-state index in [1.165, 1.54) is 5.56 Å². The van der Waals surface area contributed by atoms with Gasteiger partial charge in [-0.05, 0) is 104 Å². The van der Waals surface area contributed by atoms with E-state index in [0.29, 0.717) is 32.4 Å². The summed E-state index contributed by atoms with van der Waals surface area (Å²) in [6, 6.07) is 27.2. The normalized spacial score (nSPS) is 32.6. The number of nitrogens with zero attached hydrogens (tertiary/aromatic N) is 2. The number of hydrogen-bond acceptors (Lipinski definition) is 4. The van der Waals surface area contributed by atoms with E-state index in [0.717, 1.165) is 66.7 Å². The zero-order chi connectivity index (χ0) is 29.5. The molecule has 0 aromatic heterocycles. The highest BCUT2D eigenvalue weighted by molar-refractivity contribution is 6.00. The molecule has 2 saturated heterocycles. The first-order valence-corrected chi connectivity index (χ1v) is 15.6. The number of carbonyl (C=O) groups is 1. The van der Waals surface area contributed by atoms with Crippen LogP contribution in [0, 0.1) is 22.2 Å². The smallest absolute Gasteiger partial charge is 0.233 e. The fourth-order valence-electron chi connectivity index (χ4n) is 8.45. The van der Waals surface area contributed by atoms with Gasteiger partial charge in [-0.1, -0.05) is 48.5 Å². The lowest BCUT2D eigenvalue weighted by molar-refractivity contribution is -0.213. The first-order valence-electron chi connectivity index (χ1n) is 15.6. The molecule has 0 spiro atoms. The van der Waals surface area contributed by atoms with Gasteiger partial charge in [0.15, 0.2) is 0 Å². The lowest BCUT2D eigenvalue weighted by atomic mass is 9.41. The summed E-state index contributed by atoms with van der Waals surface area (Å²) < 4.78 is 26.7. The summed E-state index contributed by atoms with van der Waals surface area (Å²) in [4.78, 5) is 16.2. The molecule has 7 aliphatic rings. The van der Waals surface area contributed by atoms with Crippen LogP contribution >= 0.6 is 0 Å². The van der Waals surface area contributed by atoms with Crippen molar-refractivity contribution in [2.45, 2.75) is 74.5 Å². The van der Waals surface area contributed by atoms with Crippen molar-refractivity contribution in [3.05, 3.63) is 83.9 Å². The molecule has 3 aromatic rings. The van der Waals surface area contributed by atoms with E-state index in [1.54, 1.807) is 7.11 Å². The van der Waals surface area contributed by atoms with E-state index in [4.69, 9.17) is 9.47 Å². The minimum absolute atomic E-state index is 0.0674. The average molecular weight is 577 g/mol. The number of benzene rings is 3. The van der Waals surface area contributed by atoms with Gasteiger partial charge < -0.3 is 14.4 Å². The summed E-state index contributed by atoms with van der Waals surface area (Å²) in [5, 5.41) is 9.60. The highest BCUT2D eigenvalue weighted by Crippen LogP contribution is 2.70. The summed E-state index contributed by atoms with van der Waals surface area (Å²) in [5.74, 6) is 0.868. The van der Waals surface area contributed by atoms with Crippen molar-refractivity contribution in [3.63, 3.8) is 0 Å². The van der Waals surface area contributed by atoms with E-state index in [9.17, 15) is 14.4 Å². The molecule has 10 rings (SSSR count). The van der Waals surface area contributed by atoms with Crippen molar-refractivity contribution >= 4 is 11.6 Å². The second-order valence-electron chi connectivity index (χ2n) is 14.2. The van der Waals surface area contributed by atoms with Gasteiger partial charge in [0.05, 0.1) is 36.2 Å². The van der Waals surface area contributed by atoms with Crippen molar-refractivity contribution in [1.82, 2.24) is 0 Å². The van der Waals surface area contributed by atoms with E-state index in [-0.39, 0.29) is 22.3 Å². The number of rotatable bonds is 8. The van der Waals surface area contributed by atoms with Gasteiger partial charge in [-0.25, -0.2) is 4.39 Å². The number of halogens is 1. The van der Waals surface area contributed by atoms with Crippen LogP contribution in [0.15, 0.2) is 72.8 Å². The van der Waals surface area contributed by atoms with Gasteiger partial charge >= 0.3 is 0 Å². The van der Waals surface area contributed by atoms with Crippen molar-refractivity contribution in [1.29, 1.82) is 5.26 Å². The molecule has 4 bridgehead atoms. The first-order chi connectivity index (χ1) is 20.7. The largest absolute Gasteiger partial charge is 0.497 e. The molecule has 0 atom stereocenters. The number of fused-ring (bicyclic) bond motifs is 3. The molecule has 2 aliphatic heterocycles. The zero-order valence-corrected chi connectivity index (χ0v) is 24.7. The maximum atomic E-state index is 14.6. The Bertz CT molecular complexity index is 1590. The predicted molar refractivity (Wildman–Crippen MR) is 162 cm³/mol. The second-order valence-corrected chi connectivity index (χ2v) is 14.2. The van der Waals surface area contributed by atoms with Gasteiger partial charge in [0.2, 0.25) is 5.91 Å². The van der Waals surface area contributed by atoms with Crippen molar-refractivity contribution in [2.75, 3.05) is 25.2 Å². The molecular formula is C37H37FN2O3. The van der Waals surface area contributed by atoms with Gasteiger partial charge in [0.1, 0.15) is 11.4 Å². The van der Waals surface area contributed by atoms with Crippen molar-refractivity contribution < 1.29 is 18.7 Å². The van der Waals surface area contributed by atoms with E-state index >= 15 is 0 Å². The molecule has 7 fully saturated rings. The molecule has 0 N–H and O–H groups in total. The molecule has 220 valence electrons. The summed E-state index contributed by atoms with van der Waals surface area (Å²) in [5.41, 5.74) is 2.85. The van der Waals surface area contributed by atoms with E-state index in [2.05, 4.69) is 42.5 Å². The molecule has 1 amide bonds. The summed E-state index contributed by atoms with van der Waals surface area (Å²) >= 11 is 0. The lowest BCUT2D eigenvalue weighted by Gasteiger charge is -2.65. The maximum absolute atomic E-state index is 14.6. The molecule has 0 unspecified atom stereocenters. The number of hydrogen-bond donors (Lipinski definition) is 0. The number of anilines is 1. The van der Waals surface area contributed by atoms with Crippen LogP contribution in [0.4, 0.5) is 10.1 Å². The molecule has 0 radical (unpaired) electrons. The van der Waals surface area contributed by atoms with E-state index in [1.807, 2.05) is 41.3 Å². The molecule has 5 nitrogen and oxygen atoms in total. The molecule has 3 aromatic carbocycles. The number of ether oxygens (including phenoxy) is 2. The van der Waals surface area contributed by atoms with E-state index < -0.39 is 11.1 Å². The van der Waals surface area contributed by atoms with Crippen LogP contribution in [0.2, 0.25) is 0 Å². The minimum Gasteiger partial charge on any atom is -0.497 e. The fourth-order valence-corrected chi connectivity index (χ4v) is 8.45. The number of carbonyl (C=O) groups excluding carboxylic acids is 1. The molecular weight excluding hydrogens is 539 g/mol. The van der Waals surface area contributed by atoms with Crippen LogP contribution in [0.1, 0.15) is 68.9 Å². The van der Waals surface area contributed by atoms with Gasteiger partial charge in [-0.15, -0.1) is 0 Å². The second kappa shape index (κ2) is 9.16. The van der Waals surface area contributed by atoms with Crippen LogP contribution < -0.4 is 9.64 Å². The molecule has 6 heteroatoms. The zero-order valence-electron chi connectivity index (χ0n) is 24.7. The van der Waals surface area contributed by atoms with Crippen molar-refractivity contribution in [2.24, 2.45) is 10.8 Å². The lowest BCUT2D eigenvalue weighted by Crippen LogP contribution is -2.71. The Balaban J connectivity index is 1.05. The third kappa shape index (κ3) is 4.15. The molecule has 5 aliphatic carbocycles. The van der Waals surface area contributed by atoms with Crippen LogP contribution in [0.3, 0.4) is 0 Å².